The van der Waals surface area contributed by atoms with Crippen molar-refractivity contribution in [2.45, 2.75) is 6.92 Å². The molecule has 0 aliphatic rings. The number of nitriles is 1. The average Bonchev–Trinajstić information content (AvgIpc) is 2.47. The van der Waals surface area contributed by atoms with E-state index in [1.165, 1.54) is 0 Å². The molecule has 2 rings (SSSR count). The summed E-state index contributed by atoms with van der Waals surface area (Å²) in [6, 6.07) is 11.8. The molecular formula is C15H13ClN4O. The number of nitrogens with zero attached hydrogens (tertiary/aromatic N) is 1. The van der Waals surface area contributed by atoms with Crippen molar-refractivity contribution in [2.75, 3.05) is 10.7 Å². The maximum Gasteiger partial charge on any atom is 0.255 e. The van der Waals surface area contributed by atoms with E-state index in [0.717, 1.165) is 5.56 Å². The summed E-state index contributed by atoms with van der Waals surface area (Å²) in [5.41, 5.74) is 5.23. The first kappa shape index (κ1) is 14.9. The summed E-state index contributed by atoms with van der Waals surface area (Å²) in [6.07, 6.45) is 0. The van der Waals surface area contributed by atoms with Crippen molar-refractivity contribution in [2.24, 2.45) is 5.84 Å². The maximum absolute atomic E-state index is 12.3. The van der Waals surface area contributed by atoms with Crippen molar-refractivity contribution in [3.8, 4) is 6.07 Å². The molecule has 106 valence electrons. The fourth-order valence-corrected chi connectivity index (χ4v) is 2.09. The van der Waals surface area contributed by atoms with Crippen LogP contribution in [0.3, 0.4) is 0 Å². The van der Waals surface area contributed by atoms with E-state index < -0.39 is 0 Å². The molecule has 4 N–H and O–H groups in total. The summed E-state index contributed by atoms with van der Waals surface area (Å²) in [6.45, 7) is 1.80. The topological polar surface area (TPSA) is 90.9 Å². The number of hydrazine groups is 1. The fraction of sp³-hybridized carbons (Fsp3) is 0.0667. The van der Waals surface area contributed by atoms with Crippen LogP contribution in [0.15, 0.2) is 36.4 Å². The zero-order valence-corrected chi connectivity index (χ0v) is 12.0. The van der Waals surface area contributed by atoms with Crippen molar-refractivity contribution < 1.29 is 4.79 Å². The first-order valence-corrected chi connectivity index (χ1v) is 6.51. The van der Waals surface area contributed by atoms with E-state index >= 15 is 0 Å². The second kappa shape index (κ2) is 6.27. The summed E-state index contributed by atoms with van der Waals surface area (Å²) in [4.78, 5) is 12.3. The van der Waals surface area contributed by atoms with E-state index in [2.05, 4.69) is 10.7 Å². The highest BCUT2D eigenvalue weighted by Crippen LogP contribution is 2.22. The zero-order chi connectivity index (χ0) is 15.4. The molecule has 0 fully saturated rings. The SMILES string of the molecule is Cc1cc(NN)ccc1C(=O)Nc1cc(Cl)ccc1C#N. The molecule has 1 amide bonds. The number of nitrogen functional groups attached to an aromatic ring is 1. The van der Waals surface area contributed by atoms with Gasteiger partial charge in [0.2, 0.25) is 0 Å². The molecule has 5 nitrogen and oxygen atoms in total. The van der Waals surface area contributed by atoms with E-state index in [-0.39, 0.29) is 5.91 Å². The number of halogens is 1. The molecule has 2 aromatic rings. The lowest BCUT2D eigenvalue weighted by Crippen LogP contribution is -2.15. The number of nitrogens with one attached hydrogen (secondary N) is 2. The van der Waals surface area contributed by atoms with Gasteiger partial charge in [0.25, 0.3) is 5.91 Å². The summed E-state index contributed by atoms with van der Waals surface area (Å²) in [7, 11) is 0. The van der Waals surface area contributed by atoms with Crippen LogP contribution in [-0.2, 0) is 0 Å². The number of anilines is 2. The lowest BCUT2D eigenvalue weighted by molar-refractivity contribution is 0.102. The van der Waals surface area contributed by atoms with Crippen LogP contribution in [0.4, 0.5) is 11.4 Å². The summed E-state index contributed by atoms with van der Waals surface area (Å²) >= 11 is 5.89. The van der Waals surface area contributed by atoms with E-state index in [0.29, 0.717) is 27.5 Å². The Bertz CT molecular complexity index is 737. The van der Waals surface area contributed by atoms with Gasteiger partial charge in [-0.2, -0.15) is 5.26 Å². The highest BCUT2D eigenvalue weighted by atomic mass is 35.5. The van der Waals surface area contributed by atoms with Crippen LogP contribution in [0.25, 0.3) is 0 Å². The first-order valence-electron chi connectivity index (χ1n) is 6.13. The second-order valence-electron chi connectivity index (χ2n) is 4.43. The minimum atomic E-state index is -0.310. The number of rotatable bonds is 3. The minimum absolute atomic E-state index is 0.310. The van der Waals surface area contributed by atoms with Crippen molar-refractivity contribution in [3.05, 3.63) is 58.1 Å². The summed E-state index contributed by atoms with van der Waals surface area (Å²) < 4.78 is 0. The van der Waals surface area contributed by atoms with Gasteiger partial charge in [-0.25, -0.2) is 0 Å². The lowest BCUT2D eigenvalue weighted by atomic mass is 10.1. The molecule has 2 aromatic carbocycles. The van der Waals surface area contributed by atoms with E-state index in [1.807, 2.05) is 6.07 Å². The van der Waals surface area contributed by atoms with Crippen LogP contribution in [0.2, 0.25) is 5.02 Å². The van der Waals surface area contributed by atoms with E-state index in [9.17, 15) is 4.79 Å². The molecular weight excluding hydrogens is 288 g/mol. The smallest absolute Gasteiger partial charge is 0.255 e. The van der Waals surface area contributed by atoms with Gasteiger partial charge in [0, 0.05) is 16.3 Å². The minimum Gasteiger partial charge on any atom is -0.324 e. The third-order valence-corrected chi connectivity index (χ3v) is 3.22. The Labute approximate surface area is 127 Å². The molecule has 0 bridgehead atoms. The number of aryl methyl sites for hydroxylation is 1. The number of nitrogens with two attached hydrogens (primary N) is 1. The highest BCUT2D eigenvalue weighted by molar-refractivity contribution is 6.31. The second-order valence-corrected chi connectivity index (χ2v) is 4.87. The van der Waals surface area contributed by atoms with Gasteiger partial charge >= 0.3 is 0 Å². The number of hydrogen-bond donors (Lipinski definition) is 3. The van der Waals surface area contributed by atoms with Gasteiger partial charge in [0.15, 0.2) is 0 Å². The lowest BCUT2D eigenvalue weighted by Gasteiger charge is -2.10. The Morgan fingerprint density at radius 2 is 2.05 bits per heavy atom. The van der Waals surface area contributed by atoms with Gasteiger partial charge in [-0.05, 0) is 48.9 Å². The molecule has 21 heavy (non-hydrogen) atoms. The molecule has 0 aliphatic carbocycles. The van der Waals surface area contributed by atoms with Crippen molar-refractivity contribution in [1.82, 2.24) is 0 Å². The maximum atomic E-state index is 12.3. The molecule has 0 radical (unpaired) electrons. The van der Waals surface area contributed by atoms with Crippen molar-refractivity contribution >= 4 is 28.9 Å². The Hall–Kier alpha value is -2.55. The van der Waals surface area contributed by atoms with Gasteiger partial charge in [-0.3, -0.25) is 10.6 Å². The molecule has 6 heteroatoms. The van der Waals surface area contributed by atoms with Crippen LogP contribution in [-0.4, -0.2) is 5.91 Å². The van der Waals surface area contributed by atoms with Crippen molar-refractivity contribution in [1.29, 1.82) is 5.26 Å². The number of hydrogen-bond acceptors (Lipinski definition) is 4. The van der Waals surface area contributed by atoms with Gasteiger partial charge in [-0.15, -0.1) is 0 Å². The predicted molar refractivity (Wildman–Crippen MR) is 83.1 cm³/mol. The molecule has 0 saturated heterocycles. The van der Waals surface area contributed by atoms with Gasteiger partial charge < -0.3 is 10.7 Å². The third kappa shape index (κ3) is 3.31. The molecule has 0 unspecified atom stereocenters. The standard InChI is InChI=1S/C15H13ClN4O/c1-9-6-12(20-18)4-5-13(9)15(21)19-14-7-11(16)3-2-10(14)8-17/h2-7,20H,18H2,1H3,(H,19,21). The molecule has 0 atom stereocenters. The Balaban J connectivity index is 2.30. The molecule has 0 aromatic heterocycles. The quantitative estimate of drug-likeness (QED) is 0.600. The van der Waals surface area contributed by atoms with Gasteiger partial charge in [0.05, 0.1) is 11.3 Å². The number of carbonyl (C=O) groups excluding carboxylic acids is 1. The molecule has 0 saturated carbocycles. The van der Waals surface area contributed by atoms with Gasteiger partial charge in [-0.1, -0.05) is 11.6 Å². The fourth-order valence-electron chi connectivity index (χ4n) is 1.92. The zero-order valence-electron chi connectivity index (χ0n) is 11.3. The molecule has 0 heterocycles. The Kier molecular flexibility index (Phi) is 4.43. The predicted octanol–water partition coefficient (Wildman–Crippen LogP) is 3.06. The van der Waals surface area contributed by atoms with Crippen LogP contribution in [0, 0.1) is 18.3 Å². The Morgan fingerprint density at radius 1 is 1.29 bits per heavy atom. The van der Waals surface area contributed by atoms with E-state index in [4.69, 9.17) is 22.7 Å². The normalized spacial score (nSPS) is 9.81. The van der Waals surface area contributed by atoms with Crippen LogP contribution >= 0.6 is 11.6 Å². The van der Waals surface area contributed by atoms with Crippen LogP contribution in [0.5, 0.6) is 0 Å². The number of benzene rings is 2. The summed E-state index contributed by atoms with van der Waals surface area (Å²) in [5, 5.41) is 12.2. The molecule has 0 aliphatic heterocycles. The van der Waals surface area contributed by atoms with Crippen LogP contribution < -0.4 is 16.6 Å². The monoisotopic (exact) mass is 300 g/mol. The van der Waals surface area contributed by atoms with E-state index in [1.54, 1.807) is 43.3 Å². The Morgan fingerprint density at radius 3 is 2.67 bits per heavy atom. The molecule has 0 spiro atoms. The van der Waals surface area contributed by atoms with Crippen molar-refractivity contribution in [3.63, 3.8) is 0 Å². The third-order valence-electron chi connectivity index (χ3n) is 2.99. The average molecular weight is 301 g/mol. The summed E-state index contributed by atoms with van der Waals surface area (Å²) in [5.74, 6) is 5.01. The highest BCUT2D eigenvalue weighted by Gasteiger charge is 2.12. The number of carbonyl (C=O) groups is 1. The van der Waals surface area contributed by atoms with Gasteiger partial charge in [0.1, 0.15) is 6.07 Å². The largest absolute Gasteiger partial charge is 0.324 e. The number of amides is 1. The van der Waals surface area contributed by atoms with Crippen LogP contribution in [0.1, 0.15) is 21.5 Å². The first-order chi connectivity index (χ1) is 10.0.